The van der Waals surface area contributed by atoms with Crippen molar-refractivity contribution in [2.75, 3.05) is 0 Å². The topological polar surface area (TPSA) is 24.1 Å². The van der Waals surface area contributed by atoms with Gasteiger partial charge in [0, 0.05) is 22.2 Å². The molecule has 166 valence electrons. The summed E-state index contributed by atoms with van der Waals surface area (Å²) in [5, 5.41) is 8.13. The number of piperidine rings is 2. The molecule has 0 radical (unpaired) electrons. The monoisotopic (exact) mass is 392 g/mol. The summed E-state index contributed by atoms with van der Waals surface area (Å²) >= 11 is 0. The van der Waals surface area contributed by atoms with Crippen LogP contribution in [0.3, 0.4) is 0 Å². The van der Waals surface area contributed by atoms with E-state index in [0.717, 1.165) is 23.7 Å². The third-order valence-electron chi connectivity index (χ3n) is 9.96. The summed E-state index contributed by atoms with van der Waals surface area (Å²) in [6.45, 7) is 24.4. The van der Waals surface area contributed by atoms with Gasteiger partial charge in [0.2, 0.25) is 0 Å². The third kappa shape index (κ3) is 4.64. The van der Waals surface area contributed by atoms with Gasteiger partial charge >= 0.3 is 0 Å². The fraction of sp³-hybridized carbons (Fsp3) is 1.00. The average Bonchev–Trinajstić information content (AvgIpc) is 2.67. The van der Waals surface area contributed by atoms with E-state index in [1.54, 1.807) is 0 Å². The molecule has 0 aromatic heterocycles. The van der Waals surface area contributed by atoms with E-state index in [1.807, 2.05) is 0 Å². The van der Waals surface area contributed by atoms with Gasteiger partial charge in [-0.15, -0.1) is 0 Å². The Hall–Kier alpha value is -0.0800. The normalized spacial score (nSPS) is 49.9. The molecular formula is C26H52N2. The van der Waals surface area contributed by atoms with Crippen molar-refractivity contribution in [1.82, 2.24) is 10.6 Å². The number of rotatable bonds is 7. The molecule has 2 fully saturated rings. The summed E-state index contributed by atoms with van der Waals surface area (Å²) in [4.78, 5) is 0. The number of nitrogens with one attached hydrogen (secondary N) is 2. The van der Waals surface area contributed by atoms with Crippen LogP contribution in [0, 0.1) is 23.7 Å². The van der Waals surface area contributed by atoms with Gasteiger partial charge in [0.1, 0.15) is 0 Å². The van der Waals surface area contributed by atoms with Crippen LogP contribution in [0.2, 0.25) is 0 Å². The van der Waals surface area contributed by atoms with Crippen LogP contribution in [-0.2, 0) is 0 Å². The highest BCUT2D eigenvalue weighted by molar-refractivity contribution is 5.06. The molecule has 0 aromatic carbocycles. The maximum atomic E-state index is 4.07. The largest absolute Gasteiger partial charge is 0.306 e. The molecular weight excluding hydrogens is 340 g/mol. The SMILES string of the molecule is CCC1(C)CC(CCC2CC(C)(CC)NC(C)(CC)C2C)C(C)C(C)(CC)N1. The van der Waals surface area contributed by atoms with Crippen molar-refractivity contribution in [2.45, 2.75) is 143 Å². The zero-order valence-corrected chi connectivity index (χ0v) is 21.0. The molecule has 0 saturated carbocycles. The van der Waals surface area contributed by atoms with Gasteiger partial charge in [-0.2, -0.15) is 0 Å². The Morgan fingerprint density at radius 3 is 1.18 bits per heavy atom. The minimum atomic E-state index is 0.281. The standard InChI is InChI=1S/C26H52N2/c1-11-23(7)17-21(19(5)25(9,13-3)27-23)15-16-22-18-24(8,12-2)28-26(10,14-4)20(22)6/h19-22,27-28H,11-18H2,1-10H3. The second-order valence-electron chi connectivity index (χ2n) is 11.7. The molecule has 8 unspecified atom stereocenters. The van der Waals surface area contributed by atoms with Gasteiger partial charge in [-0.05, 0) is 103 Å². The van der Waals surface area contributed by atoms with Crippen molar-refractivity contribution in [3.8, 4) is 0 Å². The summed E-state index contributed by atoms with van der Waals surface area (Å²) in [6, 6.07) is 0. The molecule has 0 spiro atoms. The van der Waals surface area contributed by atoms with Gasteiger partial charge in [0.25, 0.3) is 0 Å². The molecule has 0 bridgehead atoms. The Balaban J connectivity index is 2.16. The minimum Gasteiger partial charge on any atom is -0.306 e. The van der Waals surface area contributed by atoms with Crippen LogP contribution in [0.25, 0.3) is 0 Å². The molecule has 2 rings (SSSR count). The van der Waals surface area contributed by atoms with Gasteiger partial charge in [0.05, 0.1) is 0 Å². The first-order valence-electron chi connectivity index (χ1n) is 12.5. The Bertz CT molecular complexity index is 473. The first-order chi connectivity index (χ1) is 12.9. The predicted molar refractivity (Wildman–Crippen MR) is 125 cm³/mol. The molecule has 2 N–H and O–H groups in total. The summed E-state index contributed by atoms with van der Waals surface area (Å²) < 4.78 is 0. The van der Waals surface area contributed by atoms with Crippen LogP contribution in [0.5, 0.6) is 0 Å². The molecule has 2 heteroatoms. The fourth-order valence-electron chi connectivity index (χ4n) is 6.68. The lowest BCUT2D eigenvalue weighted by Crippen LogP contribution is -2.65. The third-order valence-corrected chi connectivity index (χ3v) is 9.96. The lowest BCUT2D eigenvalue weighted by Gasteiger charge is -2.55. The summed E-state index contributed by atoms with van der Waals surface area (Å²) in [7, 11) is 0. The van der Waals surface area contributed by atoms with E-state index in [1.165, 1.54) is 51.4 Å². The minimum absolute atomic E-state index is 0.281. The van der Waals surface area contributed by atoms with Crippen molar-refractivity contribution in [3.63, 3.8) is 0 Å². The summed E-state index contributed by atoms with van der Waals surface area (Å²) in [6.07, 6.45) is 10.4. The molecule has 2 aliphatic rings. The lowest BCUT2D eigenvalue weighted by atomic mass is 9.61. The number of hydrogen-bond donors (Lipinski definition) is 2. The van der Waals surface area contributed by atoms with E-state index in [0.29, 0.717) is 11.1 Å². The van der Waals surface area contributed by atoms with Crippen molar-refractivity contribution in [1.29, 1.82) is 0 Å². The highest BCUT2D eigenvalue weighted by atomic mass is 15.1. The summed E-state index contributed by atoms with van der Waals surface area (Å²) in [5.74, 6) is 3.20. The zero-order valence-electron chi connectivity index (χ0n) is 21.0. The Morgan fingerprint density at radius 1 is 0.607 bits per heavy atom. The van der Waals surface area contributed by atoms with E-state index >= 15 is 0 Å². The maximum absolute atomic E-state index is 4.07. The molecule has 2 heterocycles. The second kappa shape index (κ2) is 8.58. The van der Waals surface area contributed by atoms with E-state index in [-0.39, 0.29) is 11.1 Å². The molecule has 0 amide bonds. The first-order valence-corrected chi connectivity index (χ1v) is 12.5. The van der Waals surface area contributed by atoms with E-state index in [2.05, 4.69) is 79.9 Å². The Kier molecular flexibility index (Phi) is 7.41. The molecule has 28 heavy (non-hydrogen) atoms. The van der Waals surface area contributed by atoms with Crippen LogP contribution >= 0.6 is 0 Å². The van der Waals surface area contributed by atoms with E-state index in [9.17, 15) is 0 Å². The van der Waals surface area contributed by atoms with Crippen LogP contribution in [0.15, 0.2) is 0 Å². The average molecular weight is 393 g/mol. The quantitative estimate of drug-likeness (QED) is 0.490. The Morgan fingerprint density at radius 2 is 0.929 bits per heavy atom. The van der Waals surface area contributed by atoms with E-state index in [4.69, 9.17) is 0 Å². The van der Waals surface area contributed by atoms with Crippen molar-refractivity contribution < 1.29 is 0 Å². The fourth-order valence-corrected chi connectivity index (χ4v) is 6.68. The van der Waals surface area contributed by atoms with Gasteiger partial charge in [-0.1, -0.05) is 41.5 Å². The molecule has 2 aliphatic heterocycles. The smallest absolute Gasteiger partial charge is 0.0183 e. The second-order valence-corrected chi connectivity index (χ2v) is 11.7. The Labute approximate surface area is 177 Å². The van der Waals surface area contributed by atoms with Crippen molar-refractivity contribution in [3.05, 3.63) is 0 Å². The van der Waals surface area contributed by atoms with Crippen LogP contribution in [-0.4, -0.2) is 22.2 Å². The van der Waals surface area contributed by atoms with Gasteiger partial charge < -0.3 is 10.6 Å². The highest BCUT2D eigenvalue weighted by Gasteiger charge is 2.48. The van der Waals surface area contributed by atoms with E-state index < -0.39 is 0 Å². The predicted octanol–water partition coefficient (Wildman–Crippen LogP) is 6.93. The molecule has 0 aromatic rings. The van der Waals surface area contributed by atoms with Crippen molar-refractivity contribution in [2.24, 2.45) is 23.7 Å². The van der Waals surface area contributed by atoms with Crippen LogP contribution in [0.4, 0.5) is 0 Å². The van der Waals surface area contributed by atoms with Crippen molar-refractivity contribution >= 4 is 0 Å². The van der Waals surface area contributed by atoms with Gasteiger partial charge in [-0.25, -0.2) is 0 Å². The first kappa shape index (κ1) is 24.2. The van der Waals surface area contributed by atoms with Gasteiger partial charge in [-0.3, -0.25) is 0 Å². The van der Waals surface area contributed by atoms with Crippen LogP contribution in [0.1, 0.15) is 121 Å². The molecule has 2 nitrogen and oxygen atoms in total. The molecule has 0 aliphatic carbocycles. The number of hydrogen-bond acceptors (Lipinski definition) is 2. The summed E-state index contributed by atoms with van der Waals surface area (Å²) in [5.41, 5.74) is 1.17. The maximum Gasteiger partial charge on any atom is 0.0183 e. The molecule has 8 atom stereocenters. The van der Waals surface area contributed by atoms with Crippen LogP contribution < -0.4 is 10.6 Å². The van der Waals surface area contributed by atoms with Gasteiger partial charge in [0.15, 0.2) is 0 Å². The zero-order chi connectivity index (χ0) is 21.4. The highest BCUT2D eigenvalue weighted by Crippen LogP contribution is 2.47. The molecule has 2 saturated heterocycles. The lowest BCUT2D eigenvalue weighted by molar-refractivity contribution is 0.0101.